The van der Waals surface area contributed by atoms with Crippen LogP contribution in [0.1, 0.15) is 11.1 Å². The molecule has 1 aromatic carbocycles. The summed E-state index contributed by atoms with van der Waals surface area (Å²) in [5, 5.41) is 0. The number of nitrogens with one attached hydrogen (secondary N) is 1. The molecule has 0 atom stereocenters. The van der Waals surface area contributed by atoms with Crippen LogP contribution in [0.3, 0.4) is 0 Å². The van der Waals surface area contributed by atoms with Gasteiger partial charge in [-0.05, 0) is 31.0 Å². The van der Waals surface area contributed by atoms with E-state index in [1.165, 1.54) is 0 Å². The highest BCUT2D eigenvalue weighted by Crippen LogP contribution is 2.18. The minimum absolute atomic E-state index is 0.0721. The van der Waals surface area contributed by atoms with E-state index in [0.29, 0.717) is 19.0 Å². The highest BCUT2D eigenvalue weighted by Gasteiger charge is 2.05. The molecule has 0 radical (unpaired) electrons. The Balaban J connectivity index is 2.31. The van der Waals surface area contributed by atoms with Gasteiger partial charge in [0.2, 0.25) is 0 Å². The predicted molar refractivity (Wildman–Crippen MR) is 67.4 cm³/mol. The van der Waals surface area contributed by atoms with Crippen LogP contribution in [0.5, 0.6) is 5.75 Å². The van der Waals surface area contributed by atoms with E-state index in [-0.39, 0.29) is 12.5 Å². The fourth-order valence-electron chi connectivity index (χ4n) is 1.29. The topological polar surface area (TPSA) is 56.8 Å². The molecule has 0 spiro atoms. The summed E-state index contributed by atoms with van der Waals surface area (Å²) in [4.78, 5) is 16.2. The molecule has 0 saturated carbocycles. The van der Waals surface area contributed by atoms with Crippen molar-refractivity contribution in [3.8, 4) is 5.75 Å². The van der Waals surface area contributed by atoms with Crippen molar-refractivity contribution < 1.29 is 19.1 Å². The minimum Gasteiger partial charge on any atom is -0.483 e. The number of aryl methyl sites for hydroxylation is 2. The smallest absolute Gasteiger partial charge is 0.281 e. The van der Waals surface area contributed by atoms with Gasteiger partial charge in [0.25, 0.3) is 5.91 Å². The Morgan fingerprint density at radius 1 is 1.28 bits per heavy atom. The molecule has 1 amide bonds. The van der Waals surface area contributed by atoms with E-state index in [1.807, 2.05) is 32.0 Å². The van der Waals surface area contributed by atoms with E-state index in [1.54, 1.807) is 7.11 Å². The second-order valence-electron chi connectivity index (χ2n) is 3.92. The lowest BCUT2D eigenvalue weighted by molar-refractivity contribution is -0.136. The number of amides is 1. The molecule has 5 nitrogen and oxygen atoms in total. The van der Waals surface area contributed by atoms with Gasteiger partial charge in [-0.1, -0.05) is 12.1 Å². The van der Waals surface area contributed by atoms with E-state index >= 15 is 0 Å². The molecule has 0 aliphatic heterocycles. The minimum atomic E-state index is -0.327. The largest absolute Gasteiger partial charge is 0.483 e. The van der Waals surface area contributed by atoms with Crippen LogP contribution in [0.4, 0.5) is 0 Å². The first-order chi connectivity index (χ1) is 8.63. The second kappa shape index (κ2) is 7.68. The molecule has 0 aromatic heterocycles. The average molecular weight is 253 g/mol. The number of hydroxylamine groups is 1. The fourth-order valence-corrected chi connectivity index (χ4v) is 1.29. The van der Waals surface area contributed by atoms with Crippen LogP contribution in [0, 0.1) is 13.8 Å². The molecule has 0 unspecified atom stereocenters. The van der Waals surface area contributed by atoms with Gasteiger partial charge in [0, 0.05) is 7.11 Å². The molecule has 5 heteroatoms. The molecular weight excluding hydrogens is 234 g/mol. The zero-order valence-electron chi connectivity index (χ0n) is 11.0. The molecule has 0 aliphatic rings. The summed E-state index contributed by atoms with van der Waals surface area (Å²) in [7, 11) is 1.56. The summed E-state index contributed by atoms with van der Waals surface area (Å²) in [5.41, 5.74) is 4.36. The van der Waals surface area contributed by atoms with Crippen LogP contribution in [0.2, 0.25) is 0 Å². The number of benzene rings is 1. The molecule has 0 bridgehead atoms. The molecule has 1 N–H and O–H groups in total. The Kier molecular flexibility index (Phi) is 6.18. The quantitative estimate of drug-likeness (QED) is 0.589. The number of rotatable bonds is 7. The Morgan fingerprint density at radius 3 is 2.78 bits per heavy atom. The highest BCUT2D eigenvalue weighted by atomic mass is 16.7. The Labute approximate surface area is 107 Å². The maximum Gasteiger partial charge on any atom is 0.281 e. The Morgan fingerprint density at radius 2 is 2.06 bits per heavy atom. The van der Waals surface area contributed by atoms with E-state index < -0.39 is 0 Å². The highest BCUT2D eigenvalue weighted by molar-refractivity contribution is 5.76. The number of hydrogen-bond acceptors (Lipinski definition) is 4. The number of carbonyl (C=O) groups excluding carboxylic acids is 1. The van der Waals surface area contributed by atoms with Gasteiger partial charge in [-0.15, -0.1) is 0 Å². The number of methoxy groups -OCH3 is 1. The molecule has 0 saturated heterocycles. The second-order valence-corrected chi connectivity index (χ2v) is 3.92. The average Bonchev–Trinajstić information content (AvgIpc) is 2.36. The Hall–Kier alpha value is -1.59. The lowest BCUT2D eigenvalue weighted by Crippen LogP contribution is -2.30. The third-order valence-corrected chi connectivity index (χ3v) is 2.28. The van der Waals surface area contributed by atoms with Crippen molar-refractivity contribution in [1.82, 2.24) is 5.48 Å². The van der Waals surface area contributed by atoms with Crippen LogP contribution >= 0.6 is 0 Å². The Bertz CT molecular complexity index is 393. The first-order valence-electron chi connectivity index (χ1n) is 5.73. The van der Waals surface area contributed by atoms with Crippen LogP contribution in [-0.4, -0.2) is 32.8 Å². The van der Waals surface area contributed by atoms with Crippen LogP contribution in [0.25, 0.3) is 0 Å². The third-order valence-electron chi connectivity index (χ3n) is 2.28. The number of carbonyl (C=O) groups is 1. The van der Waals surface area contributed by atoms with E-state index in [4.69, 9.17) is 14.3 Å². The molecule has 0 aliphatic carbocycles. The lowest BCUT2D eigenvalue weighted by Gasteiger charge is -2.10. The summed E-state index contributed by atoms with van der Waals surface area (Å²) in [6.07, 6.45) is 0. The third kappa shape index (κ3) is 5.16. The van der Waals surface area contributed by atoms with Crippen LogP contribution in [0.15, 0.2) is 18.2 Å². The zero-order chi connectivity index (χ0) is 13.4. The SMILES string of the molecule is COCCONC(=O)COc1cc(C)ccc1C. The van der Waals surface area contributed by atoms with Crippen LogP contribution < -0.4 is 10.2 Å². The summed E-state index contributed by atoms with van der Waals surface area (Å²) < 4.78 is 10.2. The molecule has 0 heterocycles. The summed E-state index contributed by atoms with van der Waals surface area (Å²) >= 11 is 0. The standard InChI is InChI=1S/C13H19NO4/c1-10-4-5-11(2)12(8-10)17-9-13(15)14-18-7-6-16-3/h4-5,8H,6-7,9H2,1-3H3,(H,14,15). The molecular formula is C13H19NO4. The van der Waals surface area contributed by atoms with Crippen molar-refractivity contribution in [3.05, 3.63) is 29.3 Å². The van der Waals surface area contributed by atoms with Crippen molar-refractivity contribution in [2.75, 3.05) is 26.9 Å². The van der Waals surface area contributed by atoms with Crippen molar-refractivity contribution in [1.29, 1.82) is 0 Å². The maximum absolute atomic E-state index is 11.4. The normalized spacial score (nSPS) is 10.2. The van der Waals surface area contributed by atoms with Crippen molar-refractivity contribution in [2.45, 2.75) is 13.8 Å². The number of ether oxygens (including phenoxy) is 2. The molecule has 18 heavy (non-hydrogen) atoms. The molecule has 0 fully saturated rings. The van der Waals surface area contributed by atoms with Gasteiger partial charge in [-0.25, -0.2) is 5.48 Å². The number of hydrogen-bond donors (Lipinski definition) is 1. The van der Waals surface area contributed by atoms with Gasteiger partial charge >= 0.3 is 0 Å². The molecule has 1 rings (SSSR count). The van der Waals surface area contributed by atoms with E-state index in [9.17, 15) is 4.79 Å². The van der Waals surface area contributed by atoms with Gasteiger partial charge in [0.1, 0.15) is 5.75 Å². The van der Waals surface area contributed by atoms with Gasteiger partial charge in [-0.2, -0.15) is 0 Å². The summed E-state index contributed by atoms with van der Waals surface area (Å²) in [6, 6.07) is 5.85. The molecule has 1 aromatic rings. The van der Waals surface area contributed by atoms with Gasteiger partial charge in [0.15, 0.2) is 6.61 Å². The summed E-state index contributed by atoms with van der Waals surface area (Å²) in [6.45, 7) is 4.57. The van der Waals surface area contributed by atoms with Crippen molar-refractivity contribution >= 4 is 5.91 Å². The first-order valence-corrected chi connectivity index (χ1v) is 5.73. The van der Waals surface area contributed by atoms with Gasteiger partial charge in [-0.3, -0.25) is 9.63 Å². The fraction of sp³-hybridized carbons (Fsp3) is 0.462. The monoisotopic (exact) mass is 253 g/mol. The first kappa shape index (κ1) is 14.5. The summed E-state index contributed by atoms with van der Waals surface area (Å²) in [5.74, 6) is 0.383. The zero-order valence-corrected chi connectivity index (χ0v) is 11.0. The van der Waals surface area contributed by atoms with Gasteiger partial charge < -0.3 is 9.47 Å². The van der Waals surface area contributed by atoms with Crippen LogP contribution in [-0.2, 0) is 14.4 Å². The maximum atomic E-state index is 11.4. The van der Waals surface area contributed by atoms with E-state index in [0.717, 1.165) is 11.1 Å². The van der Waals surface area contributed by atoms with E-state index in [2.05, 4.69) is 5.48 Å². The predicted octanol–water partition coefficient (Wildman–Crippen LogP) is 1.38. The lowest BCUT2D eigenvalue weighted by atomic mass is 10.1. The van der Waals surface area contributed by atoms with Crippen molar-refractivity contribution in [2.24, 2.45) is 0 Å². The van der Waals surface area contributed by atoms with Gasteiger partial charge in [0.05, 0.1) is 13.2 Å². The molecule has 100 valence electrons. The van der Waals surface area contributed by atoms with Crippen molar-refractivity contribution in [3.63, 3.8) is 0 Å².